The molecule has 3 heterocycles. The van der Waals surface area contributed by atoms with Crippen molar-refractivity contribution in [3.8, 4) is 5.88 Å². The van der Waals surface area contributed by atoms with Crippen molar-refractivity contribution in [3.63, 3.8) is 0 Å². The number of carbonyl (C=O) groups is 2. The molecule has 0 spiro atoms. The Balaban J connectivity index is 1.48. The van der Waals surface area contributed by atoms with Gasteiger partial charge in [0.2, 0.25) is 0 Å². The molecule has 3 amide bonds. The summed E-state index contributed by atoms with van der Waals surface area (Å²) in [5, 5.41) is 14.8. The van der Waals surface area contributed by atoms with Crippen LogP contribution in [0.3, 0.4) is 0 Å². The van der Waals surface area contributed by atoms with Gasteiger partial charge in [0, 0.05) is 31.7 Å². The fourth-order valence-electron chi connectivity index (χ4n) is 5.17. The van der Waals surface area contributed by atoms with Crippen LogP contribution in [0.5, 0.6) is 5.88 Å². The van der Waals surface area contributed by atoms with Crippen molar-refractivity contribution in [2.24, 2.45) is 0 Å². The highest BCUT2D eigenvalue weighted by Crippen LogP contribution is 2.38. The third kappa shape index (κ3) is 5.48. The number of halogens is 1. The second kappa shape index (κ2) is 10.5. The number of amides is 3. The van der Waals surface area contributed by atoms with Crippen molar-refractivity contribution >= 4 is 43.4 Å². The van der Waals surface area contributed by atoms with Gasteiger partial charge in [0.15, 0.2) is 11.4 Å². The predicted molar refractivity (Wildman–Crippen MR) is 162 cm³/mol. The number of benzene rings is 2. The molecule has 9 nitrogen and oxygen atoms in total. The summed E-state index contributed by atoms with van der Waals surface area (Å²) in [5.74, 6) is -1.20. The van der Waals surface area contributed by atoms with E-state index in [-0.39, 0.29) is 19.2 Å². The minimum Gasteiger partial charge on any atom is -0.494 e. The Hall–Kier alpha value is -3.19. The molecule has 1 atom stereocenters. The smallest absolute Gasteiger partial charge is 0.494 e. The van der Waals surface area contributed by atoms with Gasteiger partial charge in [-0.05, 0) is 63.0 Å². The Morgan fingerprint density at radius 2 is 1.67 bits per heavy atom. The Morgan fingerprint density at radius 1 is 1.02 bits per heavy atom. The molecule has 1 aromatic heterocycles. The largest absolute Gasteiger partial charge is 0.494 e. The molecule has 2 N–H and O–H groups in total. The van der Waals surface area contributed by atoms with Crippen LogP contribution in [0.15, 0.2) is 48.7 Å². The number of nitrogens with one attached hydrogen (secondary N) is 1. The average Bonchev–Trinajstić information content (AvgIpc) is 3.42. The topological polar surface area (TPSA) is 102 Å². The van der Waals surface area contributed by atoms with Crippen molar-refractivity contribution in [2.75, 3.05) is 13.3 Å². The maximum Gasteiger partial charge on any atom is 0.494 e. The highest BCUT2D eigenvalue weighted by molar-refractivity contribution is 6.76. The van der Waals surface area contributed by atoms with Gasteiger partial charge in [0.05, 0.1) is 17.7 Å². The Bertz CT molecular complexity index is 1500. The van der Waals surface area contributed by atoms with E-state index in [4.69, 9.17) is 14.0 Å². The van der Waals surface area contributed by atoms with Crippen LogP contribution in [0.1, 0.15) is 33.3 Å². The molecule has 5 rings (SSSR count). The average molecular weight is 596 g/mol. The molecule has 0 unspecified atom stereocenters. The SMILES string of the molecule is CC1(C)OB(c2ccc([C@]3(Cn4cc5ccc(F)cc5c4O)NC(=O)N(COCC[Si](C)(C)C)C3=O)cc2)OC1(C)C. The molecular weight excluding hydrogens is 556 g/mol. The molecule has 2 aliphatic heterocycles. The van der Waals surface area contributed by atoms with E-state index in [1.807, 2.05) is 39.8 Å². The van der Waals surface area contributed by atoms with E-state index < -0.39 is 49.7 Å². The van der Waals surface area contributed by atoms with Gasteiger partial charge in [0.25, 0.3) is 5.91 Å². The number of aromatic hydroxyl groups is 1. The van der Waals surface area contributed by atoms with Gasteiger partial charge in [-0.15, -0.1) is 0 Å². The maximum atomic E-state index is 14.1. The molecule has 2 aromatic carbocycles. The van der Waals surface area contributed by atoms with Gasteiger partial charge < -0.3 is 29.0 Å². The van der Waals surface area contributed by atoms with Gasteiger partial charge in [0.1, 0.15) is 12.5 Å². The van der Waals surface area contributed by atoms with Crippen LogP contribution >= 0.6 is 0 Å². The number of rotatable bonds is 9. The second-order valence-electron chi connectivity index (χ2n) is 13.4. The lowest BCUT2D eigenvalue weighted by atomic mass is 9.77. The number of urea groups is 1. The number of aromatic nitrogens is 1. The van der Waals surface area contributed by atoms with Crippen LogP contribution < -0.4 is 10.8 Å². The van der Waals surface area contributed by atoms with Crippen LogP contribution in [0, 0.1) is 5.82 Å². The van der Waals surface area contributed by atoms with Crippen LogP contribution in [-0.4, -0.2) is 66.2 Å². The number of imide groups is 1. The standard InChI is InChI=1S/C30H39BFN3O6Si/c1-28(2)29(3,4)41-31(40-28)22-11-9-21(10-12-22)30(18-34-17-20-8-13-23(32)16-24(20)25(34)36)26(37)35(27(38)33-30)19-39-14-15-42(5,6)7/h8-13,16-17,36H,14-15,18-19H2,1-7H3,(H,33,38)/t30-/m0/s1. The highest BCUT2D eigenvalue weighted by atomic mass is 28.3. The summed E-state index contributed by atoms with van der Waals surface area (Å²) in [5.41, 5.74) is -1.32. The van der Waals surface area contributed by atoms with E-state index in [1.165, 1.54) is 16.7 Å². The van der Waals surface area contributed by atoms with E-state index in [9.17, 15) is 19.1 Å². The lowest BCUT2D eigenvalue weighted by Crippen LogP contribution is -2.48. The molecule has 0 bridgehead atoms. The van der Waals surface area contributed by atoms with Crippen molar-refractivity contribution in [3.05, 3.63) is 60.0 Å². The Morgan fingerprint density at radius 3 is 2.29 bits per heavy atom. The zero-order valence-electron chi connectivity index (χ0n) is 25.3. The van der Waals surface area contributed by atoms with Crippen LogP contribution in [-0.2, 0) is 30.9 Å². The van der Waals surface area contributed by atoms with Gasteiger partial charge in [-0.25, -0.2) is 14.1 Å². The molecule has 12 heteroatoms. The zero-order chi connectivity index (χ0) is 30.7. The van der Waals surface area contributed by atoms with E-state index in [2.05, 4.69) is 25.0 Å². The molecular formula is C30H39BFN3O6Si. The number of hydrogen-bond donors (Lipinski definition) is 2. The fraction of sp³-hybridized carbons (Fsp3) is 0.467. The lowest BCUT2D eigenvalue weighted by Gasteiger charge is -2.32. The third-order valence-electron chi connectivity index (χ3n) is 8.55. The Kier molecular flexibility index (Phi) is 7.58. The van der Waals surface area contributed by atoms with E-state index in [1.54, 1.807) is 24.4 Å². The van der Waals surface area contributed by atoms with Gasteiger partial charge in [-0.3, -0.25) is 4.79 Å². The predicted octanol–water partition coefficient (Wildman–Crippen LogP) is 4.54. The summed E-state index contributed by atoms with van der Waals surface area (Å²) in [4.78, 5) is 28.4. The number of hydrogen-bond acceptors (Lipinski definition) is 6. The first-order chi connectivity index (χ1) is 19.5. The van der Waals surface area contributed by atoms with Crippen LogP contribution in [0.4, 0.5) is 9.18 Å². The highest BCUT2D eigenvalue weighted by Gasteiger charge is 2.54. The first-order valence-electron chi connectivity index (χ1n) is 14.2. The summed E-state index contributed by atoms with van der Waals surface area (Å²) in [6.07, 6.45) is 1.64. The van der Waals surface area contributed by atoms with E-state index in [0.717, 1.165) is 16.4 Å². The summed E-state index contributed by atoms with van der Waals surface area (Å²) in [6, 6.07) is 11.5. The van der Waals surface area contributed by atoms with Gasteiger partial charge in [-0.1, -0.05) is 43.9 Å². The molecule has 42 heavy (non-hydrogen) atoms. The summed E-state index contributed by atoms with van der Waals surface area (Å²) in [7, 11) is -1.97. The first kappa shape index (κ1) is 30.3. The zero-order valence-corrected chi connectivity index (χ0v) is 26.3. The van der Waals surface area contributed by atoms with Crippen molar-refractivity contribution in [1.82, 2.24) is 14.8 Å². The third-order valence-corrected chi connectivity index (χ3v) is 10.3. The van der Waals surface area contributed by atoms with Gasteiger partial charge >= 0.3 is 13.1 Å². The summed E-state index contributed by atoms with van der Waals surface area (Å²) >= 11 is 0. The maximum absolute atomic E-state index is 14.1. The molecule has 3 aromatic rings. The fourth-order valence-corrected chi connectivity index (χ4v) is 5.93. The quantitative estimate of drug-likeness (QED) is 0.214. The molecule has 0 aliphatic carbocycles. The molecule has 2 saturated heterocycles. The van der Waals surface area contributed by atoms with Gasteiger partial charge in [-0.2, -0.15) is 0 Å². The molecule has 2 aliphatic rings. The monoisotopic (exact) mass is 595 g/mol. The van der Waals surface area contributed by atoms with E-state index in [0.29, 0.717) is 22.9 Å². The normalized spacial score (nSPS) is 21.9. The summed E-state index contributed by atoms with van der Waals surface area (Å²) in [6.45, 7) is 14.7. The minimum atomic E-state index is -1.56. The van der Waals surface area contributed by atoms with Crippen molar-refractivity contribution in [2.45, 2.75) is 76.7 Å². The number of ether oxygens (including phenoxy) is 1. The van der Waals surface area contributed by atoms with E-state index >= 15 is 0 Å². The van der Waals surface area contributed by atoms with Crippen LogP contribution in [0.2, 0.25) is 25.7 Å². The minimum absolute atomic E-state index is 0.124. The number of nitrogens with zero attached hydrogens (tertiary/aromatic N) is 2. The van der Waals surface area contributed by atoms with Crippen molar-refractivity contribution < 1.29 is 33.1 Å². The first-order valence-corrected chi connectivity index (χ1v) is 17.9. The summed E-state index contributed by atoms with van der Waals surface area (Å²) < 4.78 is 33.5. The lowest BCUT2D eigenvalue weighted by molar-refractivity contribution is -0.135. The molecule has 2 fully saturated rings. The van der Waals surface area contributed by atoms with Crippen LogP contribution in [0.25, 0.3) is 10.8 Å². The van der Waals surface area contributed by atoms with Crippen molar-refractivity contribution in [1.29, 1.82) is 0 Å². The second-order valence-corrected chi connectivity index (χ2v) is 19.1. The number of carbonyl (C=O) groups excluding carboxylic acids is 2. The Labute approximate surface area is 247 Å². The molecule has 0 saturated carbocycles. The number of fused-ring (bicyclic) bond motifs is 1. The molecule has 224 valence electrons. The molecule has 0 radical (unpaired) electrons.